The first-order chi connectivity index (χ1) is 9.60. The quantitative estimate of drug-likeness (QED) is 0.577. The van der Waals surface area contributed by atoms with Crippen LogP contribution in [0.5, 0.6) is 0 Å². The van der Waals surface area contributed by atoms with Crippen LogP contribution in [0.2, 0.25) is 0 Å². The molecule has 1 amide bonds. The fourth-order valence-electron chi connectivity index (χ4n) is 2.97. The van der Waals surface area contributed by atoms with Gasteiger partial charge in [-0.15, -0.1) is 0 Å². The standard InChI is InChI=1S/C16H33N3O/c1-4-7-11-19(12-8-5-2)13-16(15(17)20,18-6-3)14-9-10-14/h14,18H,4-13H2,1-3H3,(H2,17,20). The zero-order chi connectivity index (χ0) is 15.0. The summed E-state index contributed by atoms with van der Waals surface area (Å²) in [4.78, 5) is 14.6. The first kappa shape index (κ1) is 17.4. The summed E-state index contributed by atoms with van der Waals surface area (Å²) in [6, 6.07) is 0. The number of nitrogens with one attached hydrogen (secondary N) is 1. The van der Waals surface area contributed by atoms with Crippen LogP contribution >= 0.6 is 0 Å². The van der Waals surface area contributed by atoms with Crippen molar-refractivity contribution >= 4 is 5.91 Å². The number of nitrogens with two attached hydrogens (primary N) is 1. The number of hydrogen-bond acceptors (Lipinski definition) is 3. The fraction of sp³-hybridized carbons (Fsp3) is 0.938. The smallest absolute Gasteiger partial charge is 0.239 e. The Bertz CT molecular complexity index is 283. The molecule has 0 aromatic heterocycles. The molecule has 0 aromatic carbocycles. The molecule has 1 aliphatic carbocycles. The van der Waals surface area contributed by atoms with E-state index >= 15 is 0 Å². The highest BCUT2D eigenvalue weighted by Crippen LogP contribution is 2.40. The average Bonchev–Trinajstić information content (AvgIpc) is 3.25. The van der Waals surface area contributed by atoms with Crippen molar-refractivity contribution in [1.82, 2.24) is 10.2 Å². The van der Waals surface area contributed by atoms with Crippen LogP contribution < -0.4 is 11.1 Å². The molecule has 0 heterocycles. The van der Waals surface area contributed by atoms with Gasteiger partial charge in [0, 0.05) is 6.54 Å². The number of unbranched alkanes of at least 4 members (excludes halogenated alkanes) is 2. The van der Waals surface area contributed by atoms with Gasteiger partial charge in [-0.05, 0) is 51.2 Å². The van der Waals surface area contributed by atoms with Crippen molar-refractivity contribution in [1.29, 1.82) is 0 Å². The molecule has 0 bridgehead atoms. The Morgan fingerprint density at radius 3 is 2.10 bits per heavy atom. The van der Waals surface area contributed by atoms with Gasteiger partial charge in [-0.1, -0.05) is 33.6 Å². The minimum absolute atomic E-state index is 0.167. The third-order valence-electron chi connectivity index (χ3n) is 4.33. The summed E-state index contributed by atoms with van der Waals surface area (Å²) in [5.41, 5.74) is 5.27. The minimum atomic E-state index is -0.504. The summed E-state index contributed by atoms with van der Waals surface area (Å²) in [6.45, 7) is 10.2. The number of likely N-dealkylation sites (N-methyl/N-ethyl adjacent to an activating group) is 1. The molecule has 0 spiro atoms. The number of nitrogens with zero attached hydrogens (tertiary/aromatic N) is 1. The van der Waals surface area contributed by atoms with Crippen LogP contribution in [0.15, 0.2) is 0 Å². The van der Waals surface area contributed by atoms with E-state index in [1.54, 1.807) is 0 Å². The summed E-state index contributed by atoms with van der Waals surface area (Å²) >= 11 is 0. The molecule has 1 fully saturated rings. The van der Waals surface area contributed by atoms with Gasteiger partial charge in [0.2, 0.25) is 5.91 Å². The van der Waals surface area contributed by atoms with Crippen molar-refractivity contribution in [2.75, 3.05) is 26.2 Å². The van der Waals surface area contributed by atoms with E-state index in [9.17, 15) is 4.79 Å². The van der Waals surface area contributed by atoms with Crippen LogP contribution in [0.1, 0.15) is 59.3 Å². The number of rotatable bonds is 12. The number of carbonyl (C=O) groups is 1. The average molecular weight is 283 g/mol. The van der Waals surface area contributed by atoms with Crippen LogP contribution in [0, 0.1) is 5.92 Å². The first-order valence-corrected chi connectivity index (χ1v) is 8.38. The summed E-state index contributed by atoms with van der Waals surface area (Å²) in [6.07, 6.45) is 7.02. The van der Waals surface area contributed by atoms with Crippen molar-refractivity contribution in [2.24, 2.45) is 11.7 Å². The highest BCUT2D eigenvalue weighted by Gasteiger charge is 2.49. The Labute approximate surface area is 124 Å². The molecule has 1 atom stereocenters. The molecule has 4 heteroatoms. The van der Waals surface area contributed by atoms with Gasteiger partial charge in [0.05, 0.1) is 0 Å². The van der Waals surface area contributed by atoms with Crippen molar-refractivity contribution in [3.05, 3.63) is 0 Å². The molecule has 1 aliphatic rings. The number of hydrogen-bond donors (Lipinski definition) is 2. The summed E-state index contributed by atoms with van der Waals surface area (Å²) in [7, 11) is 0. The molecule has 20 heavy (non-hydrogen) atoms. The number of carbonyl (C=O) groups excluding carboxylic acids is 1. The predicted molar refractivity (Wildman–Crippen MR) is 84.6 cm³/mol. The topological polar surface area (TPSA) is 58.4 Å². The molecule has 1 rings (SSSR count). The van der Waals surface area contributed by atoms with E-state index in [-0.39, 0.29) is 5.91 Å². The zero-order valence-electron chi connectivity index (χ0n) is 13.6. The van der Waals surface area contributed by atoms with E-state index in [1.165, 1.54) is 25.7 Å². The van der Waals surface area contributed by atoms with Crippen LogP contribution in [0.3, 0.4) is 0 Å². The Morgan fingerprint density at radius 2 is 1.75 bits per heavy atom. The Kier molecular flexibility index (Phi) is 7.52. The van der Waals surface area contributed by atoms with Gasteiger partial charge in [0.1, 0.15) is 5.54 Å². The minimum Gasteiger partial charge on any atom is -0.368 e. The maximum Gasteiger partial charge on any atom is 0.239 e. The van der Waals surface area contributed by atoms with Gasteiger partial charge in [0.25, 0.3) is 0 Å². The molecule has 0 saturated heterocycles. The second kappa shape index (κ2) is 8.63. The fourth-order valence-corrected chi connectivity index (χ4v) is 2.97. The van der Waals surface area contributed by atoms with Crippen molar-refractivity contribution in [3.63, 3.8) is 0 Å². The highest BCUT2D eigenvalue weighted by atomic mass is 16.1. The molecule has 3 N–H and O–H groups in total. The Balaban J connectivity index is 2.74. The van der Waals surface area contributed by atoms with Gasteiger partial charge < -0.3 is 16.0 Å². The Morgan fingerprint density at radius 1 is 1.20 bits per heavy atom. The van der Waals surface area contributed by atoms with Gasteiger partial charge in [-0.25, -0.2) is 0 Å². The third-order valence-corrected chi connectivity index (χ3v) is 4.33. The molecule has 118 valence electrons. The molecule has 0 aliphatic heterocycles. The highest BCUT2D eigenvalue weighted by molar-refractivity contribution is 5.86. The molecule has 4 nitrogen and oxygen atoms in total. The second-order valence-electron chi connectivity index (χ2n) is 6.12. The van der Waals surface area contributed by atoms with Crippen molar-refractivity contribution < 1.29 is 4.79 Å². The van der Waals surface area contributed by atoms with Gasteiger partial charge in [-0.3, -0.25) is 4.79 Å². The van der Waals surface area contributed by atoms with E-state index in [1.807, 2.05) is 0 Å². The van der Waals surface area contributed by atoms with Gasteiger partial charge in [-0.2, -0.15) is 0 Å². The van der Waals surface area contributed by atoms with E-state index < -0.39 is 5.54 Å². The second-order valence-corrected chi connectivity index (χ2v) is 6.12. The lowest BCUT2D eigenvalue weighted by Gasteiger charge is -2.37. The van der Waals surface area contributed by atoms with Gasteiger partial charge in [0.15, 0.2) is 0 Å². The molecule has 1 saturated carbocycles. The number of amides is 1. The predicted octanol–water partition coefficient (Wildman–Crippen LogP) is 2.13. The lowest BCUT2D eigenvalue weighted by atomic mass is 9.91. The largest absolute Gasteiger partial charge is 0.368 e. The van der Waals surface area contributed by atoms with Crippen LogP contribution in [0.4, 0.5) is 0 Å². The lowest BCUT2D eigenvalue weighted by Crippen LogP contribution is -2.63. The lowest BCUT2D eigenvalue weighted by molar-refractivity contribution is -0.126. The molecule has 0 radical (unpaired) electrons. The molecular formula is C16H33N3O. The van der Waals surface area contributed by atoms with E-state index in [4.69, 9.17) is 5.73 Å². The number of primary amides is 1. The van der Waals surface area contributed by atoms with E-state index in [0.717, 1.165) is 39.0 Å². The first-order valence-electron chi connectivity index (χ1n) is 8.38. The van der Waals surface area contributed by atoms with E-state index in [0.29, 0.717) is 5.92 Å². The van der Waals surface area contributed by atoms with E-state index in [2.05, 4.69) is 31.0 Å². The van der Waals surface area contributed by atoms with Crippen molar-refractivity contribution in [3.8, 4) is 0 Å². The van der Waals surface area contributed by atoms with Crippen molar-refractivity contribution in [2.45, 2.75) is 64.8 Å². The van der Waals surface area contributed by atoms with Crippen LogP contribution in [-0.4, -0.2) is 42.5 Å². The summed E-state index contributed by atoms with van der Waals surface area (Å²) in [5.74, 6) is 0.269. The maximum atomic E-state index is 12.1. The SMILES string of the molecule is CCCCN(CCCC)CC(NCC)(C(N)=O)C1CC1. The third kappa shape index (κ3) is 4.74. The summed E-state index contributed by atoms with van der Waals surface area (Å²) < 4.78 is 0. The van der Waals surface area contributed by atoms with Crippen LogP contribution in [0.25, 0.3) is 0 Å². The maximum absolute atomic E-state index is 12.1. The zero-order valence-corrected chi connectivity index (χ0v) is 13.6. The molecule has 1 unspecified atom stereocenters. The van der Waals surface area contributed by atoms with Gasteiger partial charge >= 0.3 is 0 Å². The monoisotopic (exact) mass is 283 g/mol. The Hall–Kier alpha value is -0.610. The van der Waals surface area contributed by atoms with Crippen LogP contribution in [-0.2, 0) is 4.79 Å². The molecule has 0 aromatic rings. The molecular weight excluding hydrogens is 250 g/mol. The normalized spacial score (nSPS) is 18.2. The summed E-state index contributed by atoms with van der Waals surface area (Å²) in [5, 5.41) is 3.42.